The molecule has 0 aliphatic carbocycles. The Kier molecular flexibility index (Phi) is 6.01. The zero-order chi connectivity index (χ0) is 21.0. The lowest BCUT2D eigenvalue weighted by molar-refractivity contribution is -0.135. The summed E-state index contributed by atoms with van der Waals surface area (Å²) >= 11 is 0. The smallest absolute Gasteiger partial charge is 0.325 e. The van der Waals surface area contributed by atoms with Crippen LogP contribution in [0.2, 0.25) is 0 Å². The fourth-order valence-electron chi connectivity index (χ4n) is 3.69. The monoisotopic (exact) mass is 393 g/mol. The predicted octanol–water partition coefficient (Wildman–Crippen LogP) is 3.28. The maximum Gasteiger partial charge on any atom is 0.325 e. The second-order valence-electron chi connectivity index (χ2n) is 7.33. The minimum Gasteiger partial charge on any atom is -0.348 e. The van der Waals surface area contributed by atoms with Gasteiger partial charge in [0.15, 0.2) is 0 Å². The van der Waals surface area contributed by atoms with Crippen molar-refractivity contribution in [1.82, 2.24) is 15.5 Å². The number of hydrogen-bond acceptors (Lipinski definition) is 3. The van der Waals surface area contributed by atoms with Crippen LogP contribution in [-0.4, -0.2) is 29.3 Å². The third-order valence-corrected chi connectivity index (χ3v) is 5.54. The summed E-state index contributed by atoms with van der Waals surface area (Å²) < 4.78 is 0. The van der Waals surface area contributed by atoms with Crippen LogP contribution in [-0.2, 0) is 21.5 Å². The van der Waals surface area contributed by atoms with Gasteiger partial charge in [0.05, 0.1) is 6.04 Å². The average molecular weight is 393 g/mol. The Balaban J connectivity index is 1.70. The molecule has 1 aliphatic heterocycles. The molecule has 2 N–H and O–H groups in total. The SMILES string of the molecule is CCc1ccc(C(C)NC(=O)CN2C(=O)NC(CC)(c3ccccc3)C2=O)cc1. The number of carbonyl (C=O) groups excluding carboxylic acids is 3. The minimum atomic E-state index is -1.12. The van der Waals surface area contributed by atoms with Gasteiger partial charge < -0.3 is 10.6 Å². The number of rotatable bonds is 7. The van der Waals surface area contributed by atoms with Gasteiger partial charge in [-0.25, -0.2) is 4.79 Å². The van der Waals surface area contributed by atoms with Crippen molar-refractivity contribution in [3.8, 4) is 0 Å². The first-order valence-electron chi connectivity index (χ1n) is 9.99. The minimum absolute atomic E-state index is 0.223. The lowest BCUT2D eigenvalue weighted by Gasteiger charge is -2.25. The maximum atomic E-state index is 13.1. The normalized spacial score (nSPS) is 19.8. The fourth-order valence-corrected chi connectivity index (χ4v) is 3.69. The second kappa shape index (κ2) is 8.47. The van der Waals surface area contributed by atoms with Crippen LogP contribution in [0.25, 0.3) is 0 Å². The molecule has 2 unspecified atom stereocenters. The van der Waals surface area contributed by atoms with Crippen molar-refractivity contribution in [1.29, 1.82) is 0 Å². The highest BCUT2D eigenvalue weighted by atomic mass is 16.2. The highest BCUT2D eigenvalue weighted by Gasteiger charge is 2.51. The van der Waals surface area contributed by atoms with Crippen LogP contribution < -0.4 is 10.6 Å². The lowest BCUT2D eigenvalue weighted by Crippen LogP contribution is -2.45. The zero-order valence-electron chi connectivity index (χ0n) is 17.1. The Hall–Kier alpha value is -3.15. The first kappa shape index (κ1) is 20.6. The van der Waals surface area contributed by atoms with E-state index in [2.05, 4.69) is 17.6 Å². The molecule has 0 saturated carbocycles. The van der Waals surface area contributed by atoms with Crippen LogP contribution in [0.4, 0.5) is 4.79 Å². The van der Waals surface area contributed by atoms with Gasteiger partial charge in [0, 0.05) is 0 Å². The van der Waals surface area contributed by atoms with Gasteiger partial charge in [-0.15, -0.1) is 0 Å². The second-order valence-corrected chi connectivity index (χ2v) is 7.33. The Labute approximate surface area is 171 Å². The molecule has 152 valence electrons. The largest absolute Gasteiger partial charge is 0.348 e. The van der Waals surface area contributed by atoms with E-state index < -0.39 is 17.5 Å². The molecular weight excluding hydrogens is 366 g/mol. The van der Waals surface area contributed by atoms with E-state index in [1.807, 2.05) is 68.4 Å². The molecule has 3 rings (SSSR count). The molecule has 0 spiro atoms. The number of nitrogens with one attached hydrogen (secondary N) is 2. The van der Waals surface area contributed by atoms with Gasteiger partial charge in [-0.3, -0.25) is 14.5 Å². The van der Waals surface area contributed by atoms with Gasteiger partial charge in [-0.1, -0.05) is 68.4 Å². The quantitative estimate of drug-likeness (QED) is 0.709. The summed E-state index contributed by atoms with van der Waals surface area (Å²) in [5.74, 6) is -0.771. The van der Waals surface area contributed by atoms with Gasteiger partial charge in [-0.2, -0.15) is 0 Å². The molecule has 6 heteroatoms. The molecule has 0 bridgehead atoms. The van der Waals surface area contributed by atoms with Gasteiger partial charge in [0.25, 0.3) is 5.91 Å². The zero-order valence-corrected chi connectivity index (χ0v) is 17.1. The van der Waals surface area contributed by atoms with Crippen molar-refractivity contribution in [2.45, 2.75) is 45.2 Å². The highest BCUT2D eigenvalue weighted by molar-refractivity contribution is 6.09. The lowest BCUT2D eigenvalue weighted by atomic mass is 9.87. The summed E-state index contributed by atoms with van der Waals surface area (Å²) in [5, 5.41) is 5.67. The summed E-state index contributed by atoms with van der Waals surface area (Å²) in [6.45, 7) is 5.50. The molecule has 2 atom stereocenters. The van der Waals surface area contributed by atoms with Crippen LogP contribution in [0.3, 0.4) is 0 Å². The summed E-state index contributed by atoms with van der Waals surface area (Å²) in [7, 11) is 0. The molecule has 1 fully saturated rings. The van der Waals surface area contributed by atoms with Crippen molar-refractivity contribution >= 4 is 17.8 Å². The summed E-state index contributed by atoms with van der Waals surface area (Å²) in [5.41, 5.74) is 1.79. The van der Waals surface area contributed by atoms with Crippen LogP contribution in [0.15, 0.2) is 54.6 Å². The van der Waals surface area contributed by atoms with Crippen molar-refractivity contribution in [2.24, 2.45) is 0 Å². The summed E-state index contributed by atoms with van der Waals surface area (Å²) in [6.07, 6.45) is 1.35. The van der Waals surface area contributed by atoms with E-state index in [1.54, 1.807) is 0 Å². The summed E-state index contributed by atoms with van der Waals surface area (Å²) in [4.78, 5) is 39.1. The number of benzene rings is 2. The third kappa shape index (κ3) is 4.01. The van der Waals surface area contributed by atoms with Crippen molar-refractivity contribution in [3.05, 3.63) is 71.3 Å². The van der Waals surface area contributed by atoms with Gasteiger partial charge in [0.2, 0.25) is 5.91 Å². The van der Waals surface area contributed by atoms with Gasteiger partial charge in [0.1, 0.15) is 12.1 Å². The van der Waals surface area contributed by atoms with Crippen molar-refractivity contribution in [3.63, 3.8) is 0 Å². The Morgan fingerprint density at radius 1 is 1.07 bits per heavy atom. The highest BCUT2D eigenvalue weighted by Crippen LogP contribution is 2.32. The molecule has 1 saturated heterocycles. The van der Waals surface area contributed by atoms with Crippen LogP contribution in [0.1, 0.15) is 49.9 Å². The Morgan fingerprint density at radius 3 is 2.31 bits per heavy atom. The number of aryl methyl sites for hydroxylation is 1. The van der Waals surface area contributed by atoms with E-state index in [4.69, 9.17) is 0 Å². The standard InChI is InChI=1S/C23H27N3O3/c1-4-17-11-13-18(14-12-17)16(3)24-20(27)15-26-21(28)23(5-2,25-22(26)29)19-9-7-6-8-10-19/h6-14,16H,4-5,15H2,1-3H3,(H,24,27)(H,25,29). The molecule has 4 amide bonds. The van der Waals surface area contributed by atoms with Crippen LogP contribution in [0.5, 0.6) is 0 Å². The molecule has 6 nitrogen and oxygen atoms in total. The molecule has 2 aromatic rings. The van der Waals surface area contributed by atoms with E-state index in [1.165, 1.54) is 5.56 Å². The fraction of sp³-hybridized carbons (Fsp3) is 0.348. The molecule has 1 heterocycles. The van der Waals surface area contributed by atoms with E-state index >= 15 is 0 Å². The topological polar surface area (TPSA) is 78.5 Å². The van der Waals surface area contributed by atoms with Crippen molar-refractivity contribution < 1.29 is 14.4 Å². The van der Waals surface area contributed by atoms with Crippen LogP contribution >= 0.6 is 0 Å². The number of carbonyl (C=O) groups is 3. The molecule has 1 aliphatic rings. The molecule has 29 heavy (non-hydrogen) atoms. The van der Waals surface area contributed by atoms with E-state index in [0.29, 0.717) is 12.0 Å². The third-order valence-electron chi connectivity index (χ3n) is 5.54. The number of amides is 4. The van der Waals surface area contributed by atoms with Gasteiger partial charge in [-0.05, 0) is 36.5 Å². The first-order valence-corrected chi connectivity index (χ1v) is 9.99. The Bertz CT molecular complexity index is 895. The molecular formula is C23H27N3O3. The molecule has 0 radical (unpaired) electrons. The van der Waals surface area contributed by atoms with Crippen LogP contribution in [0, 0.1) is 0 Å². The number of urea groups is 1. The Morgan fingerprint density at radius 2 is 1.72 bits per heavy atom. The maximum absolute atomic E-state index is 13.1. The number of imide groups is 1. The van der Waals surface area contributed by atoms with E-state index in [0.717, 1.165) is 16.9 Å². The number of nitrogens with zero attached hydrogens (tertiary/aromatic N) is 1. The molecule has 2 aromatic carbocycles. The van der Waals surface area contributed by atoms with Gasteiger partial charge >= 0.3 is 6.03 Å². The first-order chi connectivity index (χ1) is 13.9. The average Bonchev–Trinajstić information content (AvgIpc) is 2.99. The molecule has 0 aromatic heterocycles. The number of hydrogen-bond donors (Lipinski definition) is 2. The predicted molar refractivity (Wildman–Crippen MR) is 111 cm³/mol. The van der Waals surface area contributed by atoms with Crippen molar-refractivity contribution in [2.75, 3.05) is 6.54 Å². The summed E-state index contributed by atoms with van der Waals surface area (Å²) in [6, 6.07) is 16.4. The van der Waals surface area contributed by atoms with E-state index in [9.17, 15) is 14.4 Å². The van der Waals surface area contributed by atoms with E-state index in [-0.39, 0.29) is 18.5 Å².